The second-order valence-electron chi connectivity index (χ2n) is 7.07. The number of carbonyl (C=O) groups is 1. The maximum atomic E-state index is 12.2. The molecule has 5 nitrogen and oxygen atoms in total. The molecule has 140 valence electrons. The lowest BCUT2D eigenvalue weighted by Crippen LogP contribution is -2.39. The van der Waals surface area contributed by atoms with Crippen LogP contribution >= 0.6 is 0 Å². The van der Waals surface area contributed by atoms with Crippen LogP contribution in [0.25, 0.3) is 16.9 Å². The molecule has 3 rings (SSSR count). The van der Waals surface area contributed by atoms with Crippen molar-refractivity contribution in [3.8, 4) is 16.9 Å². The Kier molecular flexibility index (Phi) is 5.42. The summed E-state index contributed by atoms with van der Waals surface area (Å²) in [6, 6.07) is 15.8. The van der Waals surface area contributed by atoms with Gasteiger partial charge in [0.2, 0.25) is 5.91 Å². The molecule has 2 aromatic carbocycles. The summed E-state index contributed by atoms with van der Waals surface area (Å²) >= 11 is 0. The van der Waals surface area contributed by atoms with Crippen LogP contribution in [0.3, 0.4) is 0 Å². The Bertz CT molecular complexity index is 944. The highest BCUT2D eigenvalue weighted by Gasteiger charge is 2.19. The maximum Gasteiger partial charge on any atom is 0.239 e. The zero-order chi connectivity index (χ0) is 19.6. The Hall–Kier alpha value is -2.92. The van der Waals surface area contributed by atoms with Gasteiger partial charge in [0, 0.05) is 30.9 Å². The van der Waals surface area contributed by atoms with E-state index < -0.39 is 6.04 Å². The van der Waals surface area contributed by atoms with Gasteiger partial charge in [-0.2, -0.15) is 5.10 Å². The van der Waals surface area contributed by atoms with Crippen molar-refractivity contribution in [3.63, 3.8) is 0 Å². The third-order valence-electron chi connectivity index (χ3n) is 4.76. The van der Waals surface area contributed by atoms with E-state index >= 15 is 0 Å². The number of amides is 1. The molecule has 0 saturated carbocycles. The number of likely N-dealkylation sites (N-methyl/N-ethyl adjacent to an activating group) is 1. The van der Waals surface area contributed by atoms with Gasteiger partial charge in [0.05, 0.1) is 17.4 Å². The van der Waals surface area contributed by atoms with Gasteiger partial charge in [0.25, 0.3) is 0 Å². The number of aryl methyl sites for hydroxylation is 2. The molecule has 0 aliphatic heterocycles. The molecule has 0 spiro atoms. The Balaban J connectivity index is 2.05. The Morgan fingerprint density at radius 2 is 1.85 bits per heavy atom. The fourth-order valence-electron chi connectivity index (χ4n) is 3.05. The summed E-state index contributed by atoms with van der Waals surface area (Å²) in [5, 5.41) is 4.83. The molecule has 0 fully saturated rings. The maximum absolute atomic E-state index is 12.2. The van der Waals surface area contributed by atoms with Crippen LogP contribution in [0.1, 0.15) is 23.6 Å². The highest BCUT2D eigenvalue weighted by molar-refractivity contribution is 5.81. The molecule has 1 amide bonds. The minimum atomic E-state index is -0.524. The highest BCUT2D eigenvalue weighted by Crippen LogP contribution is 2.26. The van der Waals surface area contributed by atoms with Crippen LogP contribution in [-0.2, 0) is 11.3 Å². The number of hydrogen-bond acceptors (Lipinski definition) is 3. The fourth-order valence-corrected chi connectivity index (χ4v) is 3.05. The van der Waals surface area contributed by atoms with E-state index in [9.17, 15) is 4.79 Å². The van der Waals surface area contributed by atoms with Gasteiger partial charge < -0.3 is 10.6 Å². The number of nitrogens with zero attached hydrogens (tertiary/aromatic N) is 3. The average molecular weight is 362 g/mol. The molecule has 0 aliphatic carbocycles. The lowest BCUT2D eigenvalue weighted by molar-refractivity contribution is -0.131. The van der Waals surface area contributed by atoms with Crippen molar-refractivity contribution in [2.75, 3.05) is 7.05 Å². The highest BCUT2D eigenvalue weighted by atomic mass is 16.2. The third-order valence-corrected chi connectivity index (χ3v) is 4.76. The smallest absolute Gasteiger partial charge is 0.239 e. The first-order valence-corrected chi connectivity index (χ1v) is 9.09. The van der Waals surface area contributed by atoms with Gasteiger partial charge in [-0.15, -0.1) is 0 Å². The van der Waals surface area contributed by atoms with E-state index in [0.717, 1.165) is 22.5 Å². The third kappa shape index (κ3) is 4.09. The number of rotatable bonds is 5. The monoisotopic (exact) mass is 362 g/mol. The summed E-state index contributed by atoms with van der Waals surface area (Å²) in [5.74, 6) is -0.0894. The standard InChI is InChI=1S/C22H26N4O/c1-15-10-11-18(12-16(15)2)21-19(13-25(4)22(27)17(3)23)14-26(24-21)20-8-6-5-7-9-20/h5-12,14,17H,13,23H2,1-4H3/t17-/m1/s1. The van der Waals surface area contributed by atoms with E-state index in [2.05, 4.69) is 32.0 Å². The molecule has 0 radical (unpaired) electrons. The van der Waals surface area contributed by atoms with Crippen molar-refractivity contribution in [2.24, 2.45) is 5.73 Å². The van der Waals surface area contributed by atoms with Crippen molar-refractivity contribution in [2.45, 2.75) is 33.4 Å². The number of benzene rings is 2. The van der Waals surface area contributed by atoms with Crippen molar-refractivity contribution in [1.82, 2.24) is 14.7 Å². The largest absolute Gasteiger partial charge is 0.340 e. The molecule has 0 aliphatic rings. The van der Waals surface area contributed by atoms with Crippen LogP contribution in [0.5, 0.6) is 0 Å². The summed E-state index contributed by atoms with van der Waals surface area (Å²) in [6.45, 7) is 6.35. The first-order valence-electron chi connectivity index (χ1n) is 9.09. The first-order chi connectivity index (χ1) is 12.9. The zero-order valence-electron chi connectivity index (χ0n) is 16.3. The first kappa shape index (κ1) is 18.9. The fraction of sp³-hybridized carbons (Fsp3) is 0.273. The predicted molar refractivity (Wildman–Crippen MR) is 109 cm³/mol. The van der Waals surface area contributed by atoms with E-state index in [0.29, 0.717) is 6.54 Å². The van der Waals surface area contributed by atoms with E-state index in [1.165, 1.54) is 11.1 Å². The van der Waals surface area contributed by atoms with Crippen LogP contribution < -0.4 is 5.73 Å². The lowest BCUT2D eigenvalue weighted by atomic mass is 10.0. The van der Waals surface area contributed by atoms with E-state index in [4.69, 9.17) is 10.8 Å². The van der Waals surface area contributed by atoms with Crippen LogP contribution in [-0.4, -0.2) is 33.7 Å². The molecule has 1 heterocycles. The number of aromatic nitrogens is 2. The van der Waals surface area contributed by atoms with Crippen LogP contribution in [0.2, 0.25) is 0 Å². The molecule has 0 saturated heterocycles. The molecule has 2 N–H and O–H groups in total. The Labute approximate surface area is 160 Å². The topological polar surface area (TPSA) is 64.2 Å². The Morgan fingerprint density at radius 1 is 1.15 bits per heavy atom. The van der Waals surface area contributed by atoms with Gasteiger partial charge in [0.1, 0.15) is 0 Å². The van der Waals surface area contributed by atoms with Gasteiger partial charge in [-0.25, -0.2) is 4.68 Å². The van der Waals surface area contributed by atoms with Crippen molar-refractivity contribution < 1.29 is 4.79 Å². The van der Waals surface area contributed by atoms with Gasteiger partial charge in [0.15, 0.2) is 0 Å². The average Bonchev–Trinajstić information content (AvgIpc) is 3.07. The summed E-state index contributed by atoms with van der Waals surface area (Å²) < 4.78 is 1.87. The molecular weight excluding hydrogens is 336 g/mol. The van der Waals surface area contributed by atoms with Gasteiger partial charge in [-0.1, -0.05) is 30.3 Å². The van der Waals surface area contributed by atoms with Crippen LogP contribution in [0.15, 0.2) is 54.7 Å². The minimum absolute atomic E-state index is 0.0894. The number of hydrogen-bond donors (Lipinski definition) is 1. The molecule has 1 aromatic heterocycles. The second kappa shape index (κ2) is 7.76. The van der Waals surface area contributed by atoms with Gasteiger partial charge >= 0.3 is 0 Å². The van der Waals surface area contributed by atoms with E-state index in [1.54, 1.807) is 18.9 Å². The SMILES string of the molecule is Cc1ccc(-c2nn(-c3ccccc3)cc2CN(C)C(=O)[C@@H](C)N)cc1C. The molecular formula is C22H26N4O. The van der Waals surface area contributed by atoms with Crippen molar-refractivity contribution in [1.29, 1.82) is 0 Å². The van der Waals surface area contributed by atoms with Crippen molar-refractivity contribution in [3.05, 3.63) is 71.4 Å². The Morgan fingerprint density at radius 3 is 2.48 bits per heavy atom. The molecule has 5 heteroatoms. The molecule has 27 heavy (non-hydrogen) atoms. The molecule has 0 unspecified atom stereocenters. The number of carbonyl (C=O) groups excluding carboxylic acids is 1. The van der Waals surface area contributed by atoms with E-state index in [1.807, 2.05) is 41.2 Å². The van der Waals surface area contributed by atoms with Crippen LogP contribution in [0, 0.1) is 13.8 Å². The second-order valence-corrected chi connectivity index (χ2v) is 7.07. The summed E-state index contributed by atoms with van der Waals surface area (Å²) in [6.07, 6.45) is 1.99. The number of para-hydroxylation sites is 1. The summed E-state index contributed by atoms with van der Waals surface area (Å²) in [7, 11) is 1.77. The van der Waals surface area contributed by atoms with Gasteiger partial charge in [-0.3, -0.25) is 4.79 Å². The summed E-state index contributed by atoms with van der Waals surface area (Å²) in [4.78, 5) is 13.9. The van der Waals surface area contributed by atoms with E-state index in [-0.39, 0.29) is 5.91 Å². The minimum Gasteiger partial charge on any atom is -0.340 e. The van der Waals surface area contributed by atoms with Crippen LogP contribution in [0.4, 0.5) is 0 Å². The number of nitrogens with two attached hydrogens (primary N) is 1. The molecule has 1 atom stereocenters. The predicted octanol–water partition coefficient (Wildman–Crippen LogP) is 3.46. The lowest BCUT2D eigenvalue weighted by Gasteiger charge is -2.19. The quantitative estimate of drug-likeness (QED) is 0.756. The molecule has 3 aromatic rings. The molecule has 0 bridgehead atoms. The summed E-state index contributed by atoms with van der Waals surface area (Å²) in [5.41, 5.74) is 12.1. The van der Waals surface area contributed by atoms with Crippen molar-refractivity contribution >= 4 is 5.91 Å². The normalized spacial score (nSPS) is 12.0. The zero-order valence-corrected chi connectivity index (χ0v) is 16.3. The van der Waals surface area contributed by atoms with Gasteiger partial charge in [-0.05, 0) is 50.1 Å².